The van der Waals surface area contributed by atoms with Crippen molar-refractivity contribution in [1.82, 2.24) is 0 Å². The van der Waals surface area contributed by atoms with Crippen molar-refractivity contribution in [2.45, 2.75) is 91.1 Å². The van der Waals surface area contributed by atoms with Gasteiger partial charge in [0.05, 0.1) is 18.5 Å². The van der Waals surface area contributed by atoms with E-state index >= 15 is 0 Å². The summed E-state index contributed by atoms with van der Waals surface area (Å²) in [7, 11) is 0. The molecule has 30 heavy (non-hydrogen) atoms. The summed E-state index contributed by atoms with van der Waals surface area (Å²) in [6.07, 6.45) is 7.04. The Balaban J connectivity index is 1.60. The number of carbonyl (C=O) groups is 1. The number of hydrogen-bond donors (Lipinski definition) is 1. The number of rotatable bonds is 1. The van der Waals surface area contributed by atoms with Gasteiger partial charge < -0.3 is 14.6 Å². The van der Waals surface area contributed by atoms with E-state index in [1.54, 1.807) is 0 Å². The molecule has 1 N–H and O–H groups in total. The largest absolute Gasteiger partial charge is 0.515 e. The third-order valence-electron chi connectivity index (χ3n) is 10.1. The minimum Gasteiger partial charge on any atom is -0.515 e. The van der Waals surface area contributed by atoms with Gasteiger partial charge in [0.25, 0.3) is 0 Å². The Kier molecular flexibility index (Phi) is 4.46. The zero-order chi connectivity index (χ0) is 21.6. The Labute approximate surface area is 181 Å². The molecule has 9 atom stereocenters. The van der Waals surface area contributed by atoms with Crippen LogP contribution in [0, 0.1) is 40.4 Å². The molecule has 0 unspecified atom stereocenters. The minimum absolute atomic E-state index is 0.0401. The van der Waals surface area contributed by atoms with Crippen LogP contribution in [0.1, 0.15) is 73.1 Å². The molecule has 4 aliphatic carbocycles. The van der Waals surface area contributed by atoms with Crippen molar-refractivity contribution < 1.29 is 19.4 Å². The minimum atomic E-state index is -0.610. The van der Waals surface area contributed by atoms with Gasteiger partial charge in [-0.05, 0) is 87.4 Å². The van der Waals surface area contributed by atoms with E-state index in [2.05, 4.69) is 27.4 Å². The van der Waals surface area contributed by atoms with Crippen molar-refractivity contribution in [3.63, 3.8) is 0 Å². The fourth-order valence-corrected chi connectivity index (χ4v) is 8.88. The van der Waals surface area contributed by atoms with Gasteiger partial charge in [-0.1, -0.05) is 26.0 Å². The zero-order valence-electron chi connectivity index (χ0n) is 19.2. The number of Topliss-reactive ketones (excluding diaryl/α,β-unsaturated/α-hetero) is 1. The van der Waals surface area contributed by atoms with Crippen LogP contribution in [0.5, 0.6) is 0 Å². The molecule has 5 rings (SSSR count). The van der Waals surface area contributed by atoms with Crippen LogP contribution in [0.15, 0.2) is 24.0 Å². The van der Waals surface area contributed by atoms with Gasteiger partial charge in [-0.3, -0.25) is 4.79 Å². The number of fused-ring (bicyclic) bond motifs is 8. The van der Waals surface area contributed by atoms with Crippen molar-refractivity contribution in [2.24, 2.45) is 40.4 Å². The number of hydrogen-bond acceptors (Lipinski definition) is 4. The molecule has 4 nitrogen and oxygen atoms in total. The van der Waals surface area contributed by atoms with Gasteiger partial charge in [-0.15, -0.1) is 0 Å². The summed E-state index contributed by atoms with van der Waals surface area (Å²) in [6, 6.07) is 0. The SMILES string of the molecule is C=C(C)[C@H]1CC[C@H]2[C@@H]3[C@H]4OC(C)(C)O[C@@H]4[C@H]4CC(=O)/C(=C/O)C[C@]4(C)[C@H]3CC[C@]12C. The van der Waals surface area contributed by atoms with Gasteiger partial charge in [-0.2, -0.15) is 0 Å². The number of aliphatic hydroxyl groups is 1. The zero-order valence-corrected chi connectivity index (χ0v) is 19.2. The van der Waals surface area contributed by atoms with E-state index in [4.69, 9.17) is 9.47 Å². The monoisotopic (exact) mass is 414 g/mol. The first-order valence-corrected chi connectivity index (χ1v) is 11.9. The first kappa shape index (κ1) is 20.8. The third kappa shape index (κ3) is 2.62. The molecule has 0 amide bonds. The molecule has 1 heterocycles. The Morgan fingerprint density at radius 1 is 1.03 bits per heavy atom. The van der Waals surface area contributed by atoms with Crippen LogP contribution in [0.3, 0.4) is 0 Å². The summed E-state index contributed by atoms with van der Waals surface area (Å²) < 4.78 is 13.2. The van der Waals surface area contributed by atoms with E-state index in [9.17, 15) is 9.90 Å². The lowest BCUT2D eigenvalue weighted by Gasteiger charge is -2.62. The highest BCUT2D eigenvalue weighted by Gasteiger charge is 2.68. The molecule has 4 heteroatoms. The standard InChI is InChI=1S/C26H38O4/c1-14(2)16-7-8-17-21-18(9-10-25(16,17)5)26(6)12-15(13-27)20(28)11-19(26)22-23(21)30-24(3,4)29-22/h13,16-19,21-23,27H,1,7-12H2,2-6H3/b15-13+/t16-,17+,18+,19-,21+,22-,23-,25-,26-/m1/s1. The van der Waals surface area contributed by atoms with E-state index < -0.39 is 5.79 Å². The summed E-state index contributed by atoms with van der Waals surface area (Å²) in [5.74, 6) is 1.74. The van der Waals surface area contributed by atoms with Crippen LogP contribution in [-0.2, 0) is 14.3 Å². The van der Waals surface area contributed by atoms with E-state index in [1.807, 2.05) is 13.8 Å². The van der Waals surface area contributed by atoms with Crippen molar-refractivity contribution >= 4 is 5.78 Å². The molecule has 5 aliphatic rings. The molecular formula is C26H38O4. The summed E-state index contributed by atoms with van der Waals surface area (Å²) in [5.41, 5.74) is 2.16. The quantitative estimate of drug-likeness (QED) is 0.346. The Hall–Kier alpha value is -1.13. The van der Waals surface area contributed by atoms with Crippen molar-refractivity contribution in [3.05, 3.63) is 24.0 Å². The van der Waals surface area contributed by atoms with Crippen LogP contribution in [0.2, 0.25) is 0 Å². The lowest BCUT2D eigenvalue weighted by atomic mass is 9.43. The van der Waals surface area contributed by atoms with Crippen LogP contribution in [0.25, 0.3) is 0 Å². The normalized spacial score (nSPS) is 53.0. The van der Waals surface area contributed by atoms with Crippen LogP contribution >= 0.6 is 0 Å². The first-order valence-electron chi connectivity index (χ1n) is 11.9. The molecule has 0 bridgehead atoms. The first-order chi connectivity index (χ1) is 14.0. The molecule has 1 aliphatic heterocycles. The van der Waals surface area contributed by atoms with Crippen molar-refractivity contribution in [1.29, 1.82) is 0 Å². The number of aliphatic hydroxyl groups excluding tert-OH is 1. The fraction of sp³-hybridized carbons (Fsp3) is 0.808. The van der Waals surface area contributed by atoms with Gasteiger partial charge >= 0.3 is 0 Å². The molecule has 0 spiro atoms. The molecule has 4 saturated carbocycles. The molecule has 0 aromatic rings. The van der Waals surface area contributed by atoms with Crippen molar-refractivity contribution in [2.75, 3.05) is 0 Å². The highest BCUT2D eigenvalue weighted by atomic mass is 16.8. The molecule has 0 radical (unpaired) electrons. The average molecular weight is 415 g/mol. The number of carbonyl (C=O) groups excluding carboxylic acids is 1. The summed E-state index contributed by atoms with van der Waals surface area (Å²) >= 11 is 0. The fourth-order valence-electron chi connectivity index (χ4n) is 8.88. The van der Waals surface area contributed by atoms with Crippen molar-refractivity contribution in [3.8, 4) is 0 Å². The van der Waals surface area contributed by atoms with Gasteiger partial charge in [0.15, 0.2) is 11.6 Å². The number of allylic oxidation sites excluding steroid dienone is 2. The molecule has 0 aromatic heterocycles. The predicted molar refractivity (Wildman–Crippen MR) is 116 cm³/mol. The lowest BCUT2D eigenvalue weighted by Crippen LogP contribution is -2.63. The number of ketones is 1. The van der Waals surface area contributed by atoms with Gasteiger partial charge in [0.2, 0.25) is 0 Å². The highest BCUT2D eigenvalue weighted by molar-refractivity contribution is 5.96. The maximum atomic E-state index is 12.7. The van der Waals surface area contributed by atoms with Gasteiger partial charge in [0.1, 0.15) is 0 Å². The average Bonchev–Trinajstić information content (AvgIpc) is 3.18. The van der Waals surface area contributed by atoms with Crippen LogP contribution < -0.4 is 0 Å². The summed E-state index contributed by atoms with van der Waals surface area (Å²) in [6.45, 7) is 15.5. The molecule has 166 valence electrons. The highest BCUT2D eigenvalue weighted by Crippen LogP contribution is 2.70. The second-order valence-electron chi connectivity index (χ2n) is 11.9. The maximum absolute atomic E-state index is 12.7. The summed E-state index contributed by atoms with van der Waals surface area (Å²) in [4.78, 5) is 12.7. The van der Waals surface area contributed by atoms with E-state index in [0.717, 1.165) is 12.7 Å². The molecule has 1 saturated heterocycles. The second kappa shape index (κ2) is 6.45. The van der Waals surface area contributed by atoms with Gasteiger partial charge in [0, 0.05) is 17.9 Å². The van der Waals surface area contributed by atoms with E-state index in [1.165, 1.54) is 24.8 Å². The lowest BCUT2D eigenvalue weighted by molar-refractivity contribution is -0.175. The van der Waals surface area contributed by atoms with E-state index in [0.29, 0.717) is 42.1 Å². The Morgan fingerprint density at radius 3 is 2.37 bits per heavy atom. The second-order valence-corrected chi connectivity index (χ2v) is 11.9. The van der Waals surface area contributed by atoms with Crippen LogP contribution in [0.4, 0.5) is 0 Å². The summed E-state index contributed by atoms with van der Waals surface area (Å²) in [5, 5.41) is 9.77. The van der Waals surface area contributed by atoms with E-state index in [-0.39, 0.29) is 34.7 Å². The molecule has 5 fully saturated rings. The number of ether oxygens (including phenoxy) is 2. The van der Waals surface area contributed by atoms with Crippen LogP contribution in [-0.4, -0.2) is 28.9 Å². The maximum Gasteiger partial charge on any atom is 0.163 e. The molecular weight excluding hydrogens is 376 g/mol. The third-order valence-corrected chi connectivity index (χ3v) is 10.1. The molecule has 0 aromatic carbocycles. The smallest absolute Gasteiger partial charge is 0.163 e. The topological polar surface area (TPSA) is 55.8 Å². The Morgan fingerprint density at radius 2 is 1.70 bits per heavy atom. The predicted octanol–water partition coefficient (Wildman–Crippen LogP) is 5.58. The Bertz CT molecular complexity index is 812. The van der Waals surface area contributed by atoms with Gasteiger partial charge in [-0.25, -0.2) is 0 Å².